The standard InChI is InChI=1S/C10H11N3O/c1-8(14)9-4-2-3-5-10(9)13-7-6-11-12-13/h2-8,14H,1H3. The van der Waals surface area contributed by atoms with Crippen LogP contribution in [0.3, 0.4) is 0 Å². The molecule has 1 N–H and O–H groups in total. The van der Waals surface area contributed by atoms with E-state index in [9.17, 15) is 5.11 Å². The Bertz CT molecular complexity index is 409. The fraction of sp³-hybridized carbons (Fsp3) is 0.200. The number of rotatable bonds is 2. The number of hydrogen-bond donors (Lipinski definition) is 1. The van der Waals surface area contributed by atoms with Crippen LogP contribution >= 0.6 is 0 Å². The molecule has 0 amide bonds. The van der Waals surface area contributed by atoms with Crippen molar-refractivity contribution in [1.82, 2.24) is 15.0 Å². The summed E-state index contributed by atoms with van der Waals surface area (Å²) < 4.78 is 1.64. The summed E-state index contributed by atoms with van der Waals surface area (Å²) in [6, 6.07) is 7.57. The first kappa shape index (κ1) is 8.90. The first-order chi connectivity index (χ1) is 6.79. The molecule has 0 bridgehead atoms. The Labute approximate surface area is 81.8 Å². The quantitative estimate of drug-likeness (QED) is 0.775. The van der Waals surface area contributed by atoms with Gasteiger partial charge in [-0.3, -0.25) is 0 Å². The van der Waals surface area contributed by atoms with E-state index in [0.29, 0.717) is 0 Å². The van der Waals surface area contributed by atoms with Crippen LogP contribution in [-0.4, -0.2) is 20.1 Å². The van der Waals surface area contributed by atoms with Crippen LogP contribution in [0.15, 0.2) is 36.7 Å². The number of hydrogen-bond acceptors (Lipinski definition) is 3. The average Bonchev–Trinajstić information content (AvgIpc) is 2.70. The molecule has 0 aliphatic rings. The molecule has 0 fully saturated rings. The van der Waals surface area contributed by atoms with E-state index < -0.39 is 6.10 Å². The summed E-state index contributed by atoms with van der Waals surface area (Å²) in [5, 5.41) is 17.2. The summed E-state index contributed by atoms with van der Waals surface area (Å²) in [5.74, 6) is 0. The van der Waals surface area contributed by atoms with Crippen LogP contribution in [0.1, 0.15) is 18.6 Å². The van der Waals surface area contributed by atoms with E-state index in [-0.39, 0.29) is 0 Å². The molecule has 0 spiro atoms. The number of aromatic nitrogens is 3. The van der Waals surface area contributed by atoms with Crippen LogP contribution in [0.25, 0.3) is 5.69 Å². The number of aliphatic hydroxyl groups excluding tert-OH is 1. The maximum absolute atomic E-state index is 9.54. The first-order valence-electron chi connectivity index (χ1n) is 4.42. The van der Waals surface area contributed by atoms with Crippen molar-refractivity contribution in [3.63, 3.8) is 0 Å². The molecular weight excluding hydrogens is 178 g/mol. The molecule has 0 saturated carbocycles. The maximum atomic E-state index is 9.54. The molecule has 4 heteroatoms. The highest BCUT2D eigenvalue weighted by Gasteiger charge is 2.08. The topological polar surface area (TPSA) is 50.9 Å². The molecule has 0 saturated heterocycles. The molecule has 0 aliphatic carbocycles. The molecule has 1 unspecified atom stereocenters. The van der Waals surface area contributed by atoms with Crippen molar-refractivity contribution in [3.8, 4) is 5.69 Å². The lowest BCUT2D eigenvalue weighted by Crippen LogP contribution is -2.02. The first-order valence-corrected chi connectivity index (χ1v) is 4.42. The van der Waals surface area contributed by atoms with E-state index in [2.05, 4.69) is 10.3 Å². The van der Waals surface area contributed by atoms with Gasteiger partial charge in [0.1, 0.15) is 0 Å². The highest BCUT2D eigenvalue weighted by Crippen LogP contribution is 2.19. The van der Waals surface area contributed by atoms with E-state index in [4.69, 9.17) is 0 Å². The lowest BCUT2D eigenvalue weighted by molar-refractivity contribution is 0.199. The molecule has 72 valence electrons. The lowest BCUT2D eigenvalue weighted by atomic mass is 10.1. The van der Waals surface area contributed by atoms with Gasteiger partial charge in [-0.25, -0.2) is 4.68 Å². The van der Waals surface area contributed by atoms with Crippen LogP contribution in [-0.2, 0) is 0 Å². The normalized spacial score (nSPS) is 12.7. The summed E-state index contributed by atoms with van der Waals surface area (Å²) in [7, 11) is 0. The largest absolute Gasteiger partial charge is 0.389 e. The second-order valence-electron chi connectivity index (χ2n) is 3.08. The summed E-state index contributed by atoms with van der Waals surface area (Å²) in [6.07, 6.45) is 2.86. The lowest BCUT2D eigenvalue weighted by Gasteiger charge is -2.10. The molecule has 2 rings (SSSR count). The Balaban J connectivity index is 2.53. The second-order valence-corrected chi connectivity index (χ2v) is 3.08. The molecule has 2 aromatic rings. The van der Waals surface area contributed by atoms with Crippen LogP contribution in [0, 0.1) is 0 Å². The van der Waals surface area contributed by atoms with Gasteiger partial charge in [0.05, 0.1) is 24.2 Å². The van der Waals surface area contributed by atoms with Crippen molar-refractivity contribution in [2.45, 2.75) is 13.0 Å². The zero-order chi connectivity index (χ0) is 9.97. The van der Waals surface area contributed by atoms with Crippen molar-refractivity contribution in [1.29, 1.82) is 0 Å². The van der Waals surface area contributed by atoms with Crippen molar-refractivity contribution in [2.75, 3.05) is 0 Å². The number of nitrogens with zero attached hydrogens (tertiary/aromatic N) is 3. The van der Waals surface area contributed by atoms with E-state index in [1.165, 1.54) is 0 Å². The fourth-order valence-electron chi connectivity index (χ4n) is 1.39. The smallest absolute Gasteiger partial charge is 0.0782 e. The average molecular weight is 189 g/mol. The van der Waals surface area contributed by atoms with E-state index in [0.717, 1.165) is 11.3 Å². The molecule has 4 nitrogen and oxygen atoms in total. The molecule has 14 heavy (non-hydrogen) atoms. The third-order valence-corrected chi connectivity index (χ3v) is 2.06. The Morgan fingerprint density at radius 3 is 2.79 bits per heavy atom. The van der Waals surface area contributed by atoms with Gasteiger partial charge in [-0.2, -0.15) is 0 Å². The number of para-hydroxylation sites is 1. The highest BCUT2D eigenvalue weighted by molar-refractivity contribution is 5.41. The van der Waals surface area contributed by atoms with E-state index >= 15 is 0 Å². The van der Waals surface area contributed by atoms with Crippen molar-refractivity contribution in [3.05, 3.63) is 42.2 Å². The minimum Gasteiger partial charge on any atom is -0.389 e. The minimum absolute atomic E-state index is 0.504. The maximum Gasteiger partial charge on any atom is 0.0782 e. The third-order valence-electron chi connectivity index (χ3n) is 2.06. The van der Waals surface area contributed by atoms with Crippen molar-refractivity contribution >= 4 is 0 Å². The van der Waals surface area contributed by atoms with Gasteiger partial charge < -0.3 is 5.11 Å². The third kappa shape index (κ3) is 1.52. The molecular formula is C10H11N3O. The van der Waals surface area contributed by atoms with E-state index in [1.54, 1.807) is 24.0 Å². The SMILES string of the molecule is CC(O)c1ccccc1-n1ccnn1. The van der Waals surface area contributed by atoms with E-state index in [1.807, 2.05) is 24.3 Å². The summed E-state index contributed by atoms with van der Waals surface area (Å²) in [5.41, 5.74) is 1.71. The fourth-order valence-corrected chi connectivity index (χ4v) is 1.39. The van der Waals surface area contributed by atoms with Gasteiger partial charge in [-0.15, -0.1) is 5.10 Å². The van der Waals surface area contributed by atoms with Gasteiger partial charge in [-0.05, 0) is 13.0 Å². The number of benzene rings is 1. The van der Waals surface area contributed by atoms with Crippen molar-refractivity contribution < 1.29 is 5.11 Å². The summed E-state index contributed by atoms with van der Waals surface area (Å²) in [6.45, 7) is 1.73. The second kappa shape index (κ2) is 3.59. The Hall–Kier alpha value is -1.68. The molecule has 1 aromatic carbocycles. The van der Waals surface area contributed by atoms with Gasteiger partial charge in [0.2, 0.25) is 0 Å². The zero-order valence-corrected chi connectivity index (χ0v) is 7.83. The van der Waals surface area contributed by atoms with Crippen LogP contribution in [0.2, 0.25) is 0 Å². The molecule has 0 radical (unpaired) electrons. The van der Waals surface area contributed by atoms with Gasteiger partial charge in [0.25, 0.3) is 0 Å². The Kier molecular flexibility index (Phi) is 2.28. The zero-order valence-electron chi connectivity index (χ0n) is 7.83. The van der Waals surface area contributed by atoms with Gasteiger partial charge in [0.15, 0.2) is 0 Å². The van der Waals surface area contributed by atoms with Crippen LogP contribution in [0.5, 0.6) is 0 Å². The molecule has 1 atom stereocenters. The number of aliphatic hydroxyl groups is 1. The van der Waals surface area contributed by atoms with Gasteiger partial charge >= 0.3 is 0 Å². The van der Waals surface area contributed by atoms with Gasteiger partial charge in [-0.1, -0.05) is 23.4 Å². The van der Waals surface area contributed by atoms with Gasteiger partial charge in [0, 0.05) is 5.56 Å². The van der Waals surface area contributed by atoms with Crippen LogP contribution < -0.4 is 0 Å². The summed E-state index contributed by atoms with van der Waals surface area (Å²) >= 11 is 0. The predicted octanol–water partition coefficient (Wildman–Crippen LogP) is 1.32. The summed E-state index contributed by atoms with van der Waals surface area (Å²) in [4.78, 5) is 0. The highest BCUT2D eigenvalue weighted by atomic mass is 16.3. The van der Waals surface area contributed by atoms with Crippen LogP contribution in [0.4, 0.5) is 0 Å². The predicted molar refractivity (Wildman–Crippen MR) is 52.0 cm³/mol. The monoisotopic (exact) mass is 189 g/mol. The minimum atomic E-state index is -0.504. The Morgan fingerprint density at radius 1 is 1.36 bits per heavy atom. The molecule has 0 aliphatic heterocycles. The van der Waals surface area contributed by atoms with Crippen molar-refractivity contribution in [2.24, 2.45) is 0 Å². The molecule has 1 aromatic heterocycles. The Morgan fingerprint density at radius 2 is 2.14 bits per heavy atom. The molecule has 1 heterocycles.